The molecule has 0 N–H and O–H groups in total. The van der Waals surface area contributed by atoms with Crippen LogP contribution < -0.4 is 14.8 Å². The fourth-order valence-corrected chi connectivity index (χ4v) is 4.86. The van der Waals surface area contributed by atoms with Crippen molar-refractivity contribution in [1.29, 1.82) is 0 Å². The molecule has 3 rings (SSSR count). The molecule has 1 aliphatic heterocycles. The second-order valence-electron chi connectivity index (χ2n) is 7.57. The Morgan fingerprint density at radius 1 is 1.23 bits per heavy atom. The molecule has 31 heavy (non-hydrogen) atoms. The van der Waals surface area contributed by atoms with Gasteiger partial charge in [-0.3, -0.25) is 14.2 Å². The molecule has 0 aliphatic carbocycles. The quantitative estimate of drug-likeness (QED) is 0.488. The van der Waals surface area contributed by atoms with Crippen molar-refractivity contribution in [3.8, 4) is 0 Å². The minimum absolute atomic E-state index is 0.0752. The van der Waals surface area contributed by atoms with E-state index in [0.717, 1.165) is 23.3 Å². The fraction of sp³-hybridized carbons (Fsp3) is 0.435. The van der Waals surface area contributed by atoms with E-state index >= 15 is 0 Å². The Bertz CT molecular complexity index is 1090. The fourth-order valence-electron chi connectivity index (χ4n) is 3.42. The van der Waals surface area contributed by atoms with Crippen LogP contribution in [-0.4, -0.2) is 47.3 Å². The van der Waals surface area contributed by atoms with Crippen molar-refractivity contribution < 1.29 is 14.3 Å². The molecule has 1 fully saturated rings. The van der Waals surface area contributed by atoms with E-state index in [1.165, 1.54) is 22.0 Å². The number of thioether (sulfide) groups is 1. The van der Waals surface area contributed by atoms with Gasteiger partial charge in [0.25, 0.3) is 5.56 Å². The van der Waals surface area contributed by atoms with Crippen LogP contribution in [0.5, 0.6) is 0 Å². The van der Waals surface area contributed by atoms with Gasteiger partial charge in [0.2, 0.25) is 5.91 Å². The van der Waals surface area contributed by atoms with Crippen molar-refractivity contribution in [1.82, 2.24) is 9.47 Å². The summed E-state index contributed by atoms with van der Waals surface area (Å²) in [5.41, 5.74) is 0.621. The van der Waals surface area contributed by atoms with Gasteiger partial charge in [-0.2, -0.15) is 0 Å². The van der Waals surface area contributed by atoms with E-state index < -0.39 is 5.97 Å². The van der Waals surface area contributed by atoms with Crippen LogP contribution in [-0.2, 0) is 20.9 Å². The number of carbonyl (C=O) groups is 2. The molecule has 1 aliphatic rings. The first-order valence-corrected chi connectivity index (χ1v) is 12.5. The van der Waals surface area contributed by atoms with Crippen molar-refractivity contribution in [2.75, 3.05) is 26.0 Å². The number of esters is 1. The highest BCUT2D eigenvalue weighted by molar-refractivity contribution is 7.98. The molecular formula is C23H28N2O4S2. The molecule has 166 valence electrons. The number of hydrogen-bond donors (Lipinski definition) is 0. The lowest BCUT2D eigenvalue weighted by atomic mass is 9.99. The minimum Gasteiger partial charge on any atom is -0.463 e. The van der Waals surface area contributed by atoms with E-state index in [9.17, 15) is 14.4 Å². The number of nitrogens with zero attached hydrogens (tertiary/aromatic N) is 2. The Hall–Kier alpha value is -2.32. The maximum Gasteiger partial charge on any atom is 0.333 e. The normalized spacial score (nSPS) is 16.0. The number of rotatable bonds is 6. The van der Waals surface area contributed by atoms with E-state index in [4.69, 9.17) is 4.74 Å². The highest BCUT2D eigenvalue weighted by Crippen LogP contribution is 2.16. The minimum atomic E-state index is -0.521. The maximum absolute atomic E-state index is 13.1. The number of hydrogen-bond acceptors (Lipinski definition) is 6. The van der Waals surface area contributed by atoms with Gasteiger partial charge in [0.1, 0.15) is 11.2 Å². The molecular weight excluding hydrogens is 432 g/mol. The lowest BCUT2D eigenvalue weighted by Crippen LogP contribution is -2.43. The van der Waals surface area contributed by atoms with Gasteiger partial charge in [-0.1, -0.05) is 19.1 Å². The summed E-state index contributed by atoms with van der Waals surface area (Å²) in [5, 5.41) is 0. The van der Waals surface area contributed by atoms with Gasteiger partial charge in [-0.15, -0.1) is 23.1 Å². The van der Waals surface area contributed by atoms with Crippen molar-refractivity contribution >= 4 is 47.1 Å². The van der Waals surface area contributed by atoms with Crippen LogP contribution in [0, 0.1) is 5.92 Å². The molecule has 0 saturated carbocycles. The molecule has 1 saturated heterocycles. The molecule has 0 atom stereocenters. The van der Waals surface area contributed by atoms with Gasteiger partial charge in [-0.25, -0.2) is 4.79 Å². The van der Waals surface area contributed by atoms with Gasteiger partial charge < -0.3 is 9.64 Å². The topological polar surface area (TPSA) is 68.6 Å². The number of ether oxygens (including phenoxy) is 1. The zero-order chi connectivity index (χ0) is 22.4. The summed E-state index contributed by atoms with van der Waals surface area (Å²) < 4.78 is 7.31. The highest BCUT2D eigenvalue weighted by Gasteiger charge is 2.21. The van der Waals surface area contributed by atoms with E-state index in [2.05, 4.69) is 6.92 Å². The Balaban J connectivity index is 1.97. The average Bonchev–Trinajstić information content (AvgIpc) is 3.03. The van der Waals surface area contributed by atoms with Gasteiger partial charge in [0, 0.05) is 18.0 Å². The molecule has 1 amide bonds. The van der Waals surface area contributed by atoms with Gasteiger partial charge >= 0.3 is 5.97 Å². The van der Waals surface area contributed by atoms with E-state index in [-0.39, 0.29) is 24.6 Å². The predicted molar refractivity (Wildman–Crippen MR) is 126 cm³/mol. The number of piperidine rings is 1. The van der Waals surface area contributed by atoms with Gasteiger partial charge in [0.05, 0.1) is 17.2 Å². The standard InChI is InChI=1S/C23H28N2O4S2/c1-4-29-22(27)14-21-25(15-20(26)24-11-9-16(2)10-12-24)23(28)19(31-21)13-17-5-7-18(30-3)8-6-17/h5-8,13-14,16H,4,9-12,15H2,1-3H3. The molecule has 2 heterocycles. The summed E-state index contributed by atoms with van der Waals surface area (Å²) in [6, 6.07) is 7.89. The zero-order valence-corrected chi connectivity index (χ0v) is 19.8. The predicted octanol–water partition coefficient (Wildman–Crippen LogP) is 2.06. The van der Waals surface area contributed by atoms with Crippen LogP contribution in [0.25, 0.3) is 12.2 Å². The number of likely N-dealkylation sites (tertiary alicyclic amines) is 1. The second kappa shape index (κ2) is 10.8. The smallest absolute Gasteiger partial charge is 0.333 e. The van der Waals surface area contributed by atoms with Crippen LogP contribution in [0.2, 0.25) is 0 Å². The summed E-state index contributed by atoms with van der Waals surface area (Å²) >= 11 is 2.85. The van der Waals surface area contributed by atoms with E-state index in [0.29, 0.717) is 28.2 Å². The number of carbonyl (C=O) groups excluding carboxylic acids is 2. The Morgan fingerprint density at radius 3 is 2.52 bits per heavy atom. The first-order valence-electron chi connectivity index (χ1n) is 10.4. The third kappa shape index (κ3) is 6.11. The van der Waals surface area contributed by atoms with Crippen LogP contribution in [0.15, 0.2) is 34.0 Å². The Labute approximate surface area is 190 Å². The Morgan fingerprint density at radius 2 is 1.90 bits per heavy atom. The summed E-state index contributed by atoms with van der Waals surface area (Å²) in [5.74, 6) is -0.00636. The van der Waals surface area contributed by atoms with E-state index in [1.54, 1.807) is 24.8 Å². The molecule has 8 heteroatoms. The van der Waals surface area contributed by atoms with Gasteiger partial charge in [-0.05, 0) is 55.7 Å². The average molecular weight is 461 g/mol. The van der Waals surface area contributed by atoms with Crippen molar-refractivity contribution in [2.45, 2.75) is 38.1 Å². The van der Waals surface area contributed by atoms with Crippen LogP contribution in [0.4, 0.5) is 0 Å². The summed E-state index contributed by atoms with van der Waals surface area (Å²) in [6.07, 6.45) is 7.04. The molecule has 2 aromatic rings. The van der Waals surface area contributed by atoms with Crippen LogP contribution in [0.1, 0.15) is 32.3 Å². The number of benzene rings is 1. The van der Waals surface area contributed by atoms with Crippen LogP contribution >= 0.6 is 23.1 Å². The van der Waals surface area contributed by atoms with E-state index in [1.807, 2.05) is 35.4 Å². The lowest BCUT2D eigenvalue weighted by molar-refractivity contribution is -0.136. The maximum atomic E-state index is 13.1. The van der Waals surface area contributed by atoms with Crippen molar-refractivity contribution in [2.24, 2.45) is 5.92 Å². The zero-order valence-electron chi connectivity index (χ0n) is 18.1. The van der Waals surface area contributed by atoms with Crippen molar-refractivity contribution in [3.63, 3.8) is 0 Å². The second-order valence-corrected chi connectivity index (χ2v) is 9.51. The summed E-state index contributed by atoms with van der Waals surface area (Å²) in [4.78, 5) is 41.0. The van der Waals surface area contributed by atoms with Crippen LogP contribution in [0.3, 0.4) is 0 Å². The van der Waals surface area contributed by atoms with Crippen molar-refractivity contribution in [3.05, 3.63) is 49.4 Å². The monoisotopic (exact) mass is 460 g/mol. The third-order valence-corrected chi connectivity index (χ3v) is 7.11. The molecule has 0 spiro atoms. The number of thiazole rings is 1. The molecule has 1 aromatic heterocycles. The Kier molecular flexibility index (Phi) is 8.15. The first kappa shape index (κ1) is 23.3. The SMILES string of the molecule is CCOC(=O)C=c1sc(=Cc2ccc(SC)cc2)c(=O)n1CC(=O)N1CCC(C)CC1. The molecule has 6 nitrogen and oxygen atoms in total. The number of amides is 1. The first-order chi connectivity index (χ1) is 14.9. The van der Waals surface area contributed by atoms with Gasteiger partial charge in [0.15, 0.2) is 0 Å². The third-order valence-electron chi connectivity index (χ3n) is 5.31. The molecule has 0 unspecified atom stereocenters. The largest absolute Gasteiger partial charge is 0.463 e. The molecule has 0 radical (unpaired) electrons. The highest BCUT2D eigenvalue weighted by atomic mass is 32.2. The molecule has 0 bridgehead atoms. The number of aromatic nitrogens is 1. The molecule has 1 aromatic carbocycles. The summed E-state index contributed by atoms with van der Waals surface area (Å²) in [7, 11) is 0. The lowest BCUT2D eigenvalue weighted by Gasteiger charge is -2.30. The summed E-state index contributed by atoms with van der Waals surface area (Å²) in [6.45, 7) is 5.50.